The highest BCUT2D eigenvalue weighted by Crippen LogP contribution is 2.31. The number of carbonyl (C=O) groups is 3. The number of carbonyl (C=O) groups excluding carboxylic acids is 2. The highest BCUT2D eigenvalue weighted by Gasteiger charge is 2.22. The smallest absolute Gasteiger partial charge is 0.339 e. The van der Waals surface area contributed by atoms with E-state index in [1.165, 1.54) is 11.8 Å². The van der Waals surface area contributed by atoms with E-state index in [4.69, 9.17) is 13.9 Å². The molecule has 0 radical (unpaired) electrons. The van der Waals surface area contributed by atoms with Crippen LogP contribution in [0.25, 0.3) is 21.9 Å². The topological polar surface area (TPSA) is 139 Å². The molecule has 0 aliphatic rings. The van der Waals surface area contributed by atoms with Gasteiger partial charge < -0.3 is 24.6 Å². The Balaban J connectivity index is 1.43. The van der Waals surface area contributed by atoms with E-state index in [-0.39, 0.29) is 37.6 Å². The van der Waals surface area contributed by atoms with Crippen molar-refractivity contribution in [2.75, 3.05) is 12.3 Å². The molecule has 3 N–H and O–H groups in total. The number of hydrogen-bond donors (Lipinski definition) is 3. The Kier molecular flexibility index (Phi) is 9.88. The molecule has 4 rings (SSSR count). The van der Waals surface area contributed by atoms with Crippen LogP contribution in [-0.2, 0) is 26.6 Å². The van der Waals surface area contributed by atoms with E-state index >= 15 is 0 Å². The van der Waals surface area contributed by atoms with E-state index in [1.54, 1.807) is 6.07 Å². The van der Waals surface area contributed by atoms with Crippen molar-refractivity contribution in [2.45, 2.75) is 58.2 Å². The van der Waals surface area contributed by atoms with Crippen LogP contribution in [0.1, 0.15) is 47.3 Å². The number of benzene rings is 2. The largest absolute Gasteiger partial charge is 0.481 e. The first-order chi connectivity index (χ1) is 19.6. The van der Waals surface area contributed by atoms with Crippen LogP contribution in [0.5, 0.6) is 0 Å². The number of aliphatic carboxylic acids is 1. The SMILES string of the molecule is Cc1oc2cc3oc(=O)c(CCC(=O)N[C@@H](CSCc4ccccc4)C(=O)NCCCC(=O)O)c(C)c3cc2c1C. The monoisotopic (exact) mass is 578 g/mol. The molecule has 0 spiro atoms. The second-order valence-corrected chi connectivity index (χ2v) is 11.1. The third-order valence-corrected chi connectivity index (χ3v) is 8.21. The van der Waals surface area contributed by atoms with Crippen molar-refractivity contribution >= 4 is 51.5 Å². The molecule has 0 bridgehead atoms. The summed E-state index contributed by atoms with van der Waals surface area (Å²) < 4.78 is 11.4. The normalized spacial score (nSPS) is 12.0. The number of carboxylic acid groups (broad SMARTS) is 1. The molecule has 0 saturated carbocycles. The van der Waals surface area contributed by atoms with E-state index < -0.39 is 17.6 Å². The Labute approximate surface area is 241 Å². The minimum absolute atomic E-state index is 0.00462. The van der Waals surface area contributed by atoms with E-state index in [2.05, 4.69) is 10.6 Å². The molecule has 1 atom stereocenters. The minimum Gasteiger partial charge on any atom is -0.481 e. The summed E-state index contributed by atoms with van der Waals surface area (Å²) in [6.45, 7) is 5.90. The summed E-state index contributed by atoms with van der Waals surface area (Å²) in [7, 11) is 0. The first-order valence-corrected chi connectivity index (χ1v) is 14.7. The van der Waals surface area contributed by atoms with Gasteiger partial charge in [0.05, 0.1) is 0 Å². The van der Waals surface area contributed by atoms with Gasteiger partial charge in [-0.15, -0.1) is 0 Å². The van der Waals surface area contributed by atoms with Crippen LogP contribution < -0.4 is 16.3 Å². The van der Waals surface area contributed by atoms with Crippen molar-refractivity contribution in [3.05, 3.63) is 80.9 Å². The van der Waals surface area contributed by atoms with Crippen LogP contribution in [0.4, 0.5) is 0 Å². The fraction of sp³-hybridized carbons (Fsp3) is 0.355. The highest BCUT2D eigenvalue weighted by atomic mass is 32.2. The van der Waals surface area contributed by atoms with Crippen molar-refractivity contribution < 1.29 is 28.3 Å². The van der Waals surface area contributed by atoms with Gasteiger partial charge in [0.25, 0.3) is 0 Å². The highest BCUT2D eigenvalue weighted by molar-refractivity contribution is 7.98. The van der Waals surface area contributed by atoms with Crippen LogP contribution in [0.3, 0.4) is 0 Å². The number of furan rings is 1. The number of rotatable bonds is 13. The van der Waals surface area contributed by atoms with Crippen molar-refractivity contribution in [2.24, 2.45) is 0 Å². The molecular formula is C31H34N2O7S. The molecule has 2 amide bonds. The summed E-state index contributed by atoms with van der Waals surface area (Å²) in [5, 5.41) is 16.1. The third kappa shape index (κ3) is 7.58. The predicted molar refractivity (Wildman–Crippen MR) is 159 cm³/mol. The summed E-state index contributed by atoms with van der Waals surface area (Å²) in [5.74, 6) is 0.124. The van der Waals surface area contributed by atoms with Crippen LogP contribution in [0.15, 0.2) is 56.1 Å². The Morgan fingerprint density at radius 2 is 1.66 bits per heavy atom. The number of carboxylic acids is 1. The molecule has 10 heteroatoms. The molecule has 0 aliphatic heterocycles. The first kappa shape index (κ1) is 29.9. The number of nitrogens with one attached hydrogen (secondary N) is 2. The van der Waals surface area contributed by atoms with Gasteiger partial charge >= 0.3 is 11.6 Å². The van der Waals surface area contributed by atoms with E-state index in [1.807, 2.05) is 57.2 Å². The lowest BCUT2D eigenvalue weighted by molar-refractivity contribution is -0.137. The molecule has 9 nitrogen and oxygen atoms in total. The lowest BCUT2D eigenvalue weighted by Gasteiger charge is -2.18. The molecule has 4 aromatic rings. The Bertz CT molecular complexity index is 1620. The van der Waals surface area contributed by atoms with Crippen LogP contribution >= 0.6 is 11.8 Å². The summed E-state index contributed by atoms with van der Waals surface area (Å²) in [4.78, 5) is 49.5. The number of hydrogen-bond acceptors (Lipinski definition) is 7. The van der Waals surface area contributed by atoms with Gasteiger partial charge in [-0.2, -0.15) is 11.8 Å². The molecule has 0 saturated heterocycles. The quantitative estimate of drug-likeness (QED) is 0.152. The third-order valence-electron chi connectivity index (χ3n) is 7.10. The van der Waals surface area contributed by atoms with Gasteiger partial charge in [-0.3, -0.25) is 14.4 Å². The zero-order chi connectivity index (χ0) is 29.5. The second-order valence-electron chi connectivity index (χ2n) is 10.0. The van der Waals surface area contributed by atoms with Gasteiger partial charge in [-0.1, -0.05) is 30.3 Å². The maximum Gasteiger partial charge on any atom is 0.339 e. The standard InChI is InChI=1S/C31H34N2O7S/c1-18-20(3)39-26-15-27-24(14-23(18)26)19(2)22(31(38)40-27)11-12-28(34)33-25(30(37)32-13-7-10-29(35)36)17-41-16-21-8-5-4-6-9-21/h4-6,8-9,14-15,25H,7,10-13,16-17H2,1-3H3,(H,32,37)(H,33,34)(H,35,36)/t25-/m0/s1. The maximum absolute atomic E-state index is 13.0. The summed E-state index contributed by atoms with van der Waals surface area (Å²) in [6, 6.07) is 12.7. The maximum atomic E-state index is 13.0. The number of amides is 2. The van der Waals surface area contributed by atoms with Crippen LogP contribution in [0.2, 0.25) is 0 Å². The zero-order valence-electron chi connectivity index (χ0n) is 23.4. The minimum atomic E-state index is -0.935. The molecule has 2 heterocycles. The molecule has 41 heavy (non-hydrogen) atoms. The lowest BCUT2D eigenvalue weighted by atomic mass is 10.0. The molecule has 216 valence electrons. The summed E-state index contributed by atoms with van der Waals surface area (Å²) in [5.41, 5.74) is 3.85. The van der Waals surface area contributed by atoms with Crippen LogP contribution in [0, 0.1) is 20.8 Å². The fourth-order valence-corrected chi connectivity index (χ4v) is 5.66. The van der Waals surface area contributed by atoms with Crippen molar-refractivity contribution in [3.63, 3.8) is 0 Å². The second kappa shape index (κ2) is 13.5. The predicted octanol–water partition coefficient (Wildman–Crippen LogP) is 4.80. The average molecular weight is 579 g/mol. The first-order valence-electron chi connectivity index (χ1n) is 13.5. The van der Waals surface area contributed by atoms with Gasteiger partial charge in [0.15, 0.2) is 0 Å². The van der Waals surface area contributed by atoms with Gasteiger partial charge in [0.2, 0.25) is 11.8 Å². The van der Waals surface area contributed by atoms with Gasteiger partial charge in [0.1, 0.15) is 23.0 Å². The molecular weight excluding hydrogens is 544 g/mol. The van der Waals surface area contributed by atoms with Gasteiger partial charge in [0, 0.05) is 53.3 Å². The summed E-state index contributed by atoms with van der Waals surface area (Å²) >= 11 is 1.51. The Morgan fingerprint density at radius 1 is 0.951 bits per heavy atom. The van der Waals surface area contributed by atoms with Gasteiger partial charge in [-0.25, -0.2) is 4.79 Å². The van der Waals surface area contributed by atoms with E-state index in [0.29, 0.717) is 34.7 Å². The number of thioether (sulfide) groups is 1. The molecule has 2 aromatic carbocycles. The van der Waals surface area contributed by atoms with E-state index in [0.717, 1.165) is 33.2 Å². The fourth-order valence-electron chi connectivity index (χ4n) is 4.65. The van der Waals surface area contributed by atoms with Crippen LogP contribution in [-0.4, -0.2) is 41.2 Å². The zero-order valence-corrected chi connectivity index (χ0v) is 24.2. The molecule has 0 aliphatic carbocycles. The Morgan fingerprint density at radius 3 is 2.39 bits per heavy atom. The lowest BCUT2D eigenvalue weighted by Crippen LogP contribution is -2.48. The number of fused-ring (bicyclic) bond motifs is 2. The Hall–Kier alpha value is -4.05. The van der Waals surface area contributed by atoms with E-state index in [9.17, 15) is 19.2 Å². The summed E-state index contributed by atoms with van der Waals surface area (Å²) in [6.07, 6.45) is 0.385. The molecule has 0 fully saturated rings. The van der Waals surface area contributed by atoms with Gasteiger partial charge in [-0.05, 0) is 56.4 Å². The number of aryl methyl sites for hydroxylation is 3. The molecule has 0 unspecified atom stereocenters. The molecule has 2 aromatic heterocycles. The average Bonchev–Trinajstić information content (AvgIpc) is 3.21. The van der Waals surface area contributed by atoms with Crippen molar-refractivity contribution in [3.8, 4) is 0 Å². The van der Waals surface area contributed by atoms with Crippen molar-refractivity contribution in [1.29, 1.82) is 0 Å². The van der Waals surface area contributed by atoms with Crippen molar-refractivity contribution in [1.82, 2.24) is 10.6 Å².